The van der Waals surface area contributed by atoms with Crippen molar-refractivity contribution in [1.29, 1.82) is 0 Å². The number of nitrogens with two attached hydrogens (primary N) is 1. The Morgan fingerprint density at radius 3 is 2.55 bits per heavy atom. The van der Waals surface area contributed by atoms with Gasteiger partial charge in [-0.15, -0.1) is 0 Å². The largest absolute Gasteiger partial charge is 0.399 e. The first-order valence-electron chi connectivity index (χ1n) is 6.32. The van der Waals surface area contributed by atoms with Crippen LogP contribution in [0.2, 0.25) is 0 Å². The molecule has 4 heteroatoms. The molecule has 1 aromatic heterocycles. The molecule has 3 N–H and O–H groups in total. The molecule has 0 aliphatic carbocycles. The number of imidazole rings is 1. The minimum absolute atomic E-state index is 0.737. The summed E-state index contributed by atoms with van der Waals surface area (Å²) in [6, 6.07) is 15.8. The van der Waals surface area contributed by atoms with E-state index in [9.17, 15) is 0 Å². The lowest BCUT2D eigenvalue weighted by atomic mass is 10.1. The van der Waals surface area contributed by atoms with Crippen molar-refractivity contribution >= 4 is 21.6 Å². The van der Waals surface area contributed by atoms with Crippen LogP contribution < -0.4 is 5.73 Å². The van der Waals surface area contributed by atoms with E-state index < -0.39 is 0 Å². The molecule has 3 nitrogen and oxygen atoms in total. The number of H-pyrrole nitrogens is 1. The molecule has 2 aromatic carbocycles. The molecule has 0 amide bonds. The molecule has 3 rings (SSSR count). The van der Waals surface area contributed by atoms with E-state index in [0.29, 0.717) is 0 Å². The number of nitrogens with one attached hydrogen (secondary N) is 1. The lowest BCUT2D eigenvalue weighted by Crippen LogP contribution is -1.86. The van der Waals surface area contributed by atoms with Crippen LogP contribution >= 0.6 is 15.9 Å². The van der Waals surface area contributed by atoms with E-state index in [4.69, 9.17) is 10.7 Å². The Kier molecular flexibility index (Phi) is 3.32. The monoisotopic (exact) mass is 327 g/mol. The van der Waals surface area contributed by atoms with Crippen LogP contribution in [0, 0.1) is 6.92 Å². The first kappa shape index (κ1) is 12.9. The third kappa shape index (κ3) is 2.47. The second kappa shape index (κ2) is 5.13. The van der Waals surface area contributed by atoms with Gasteiger partial charge in [0, 0.05) is 27.0 Å². The summed E-state index contributed by atoms with van der Waals surface area (Å²) in [4.78, 5) is 8.02. The molecule has 0 radical (unpaired) electrons. The van der Waals surface area contributed by atoms with Crippen LogP contribution in [0.25, 0.3) is 22.6 Å². The second-order valence-electron chi connectivity index (χ2n) is 4.69. The van der Waals surface area contributed by atoms with Gasteiger partial charge in [0.05, 0.1) is 5.69 Å². The number of hydrogen-bond donors (Lipinski definition) is 2. The zero-order valence-corrected chi connectivity index (χ0v) is 12.6. The normalized spacial score (nSPS) is 10.7. The van der Waals surface area contributed by atoms with Gasteiger partial charge in [-0.3, -0.25) is 0 Å². The van der Waals surface area contributed by atoms with Gasteiger partial charge in [-0.05, 0) is 31.2 Å². The van der Waals surface area contributed by atoms with Crippen molar-refractivity contribution in [3.05, 3.63) is 58.7 Å². The van der Waals surface area contributed by atoms with Gasteiger partial charge in [-0.25, -0.2) is 4.98 Å². The Balaban J connectivity index is 2.08. The van der Waals surface area contributed by atoms with Gasteiger partial charge in [-0.1, -0.05) is 40.2 Å². The molecule has 1 heterocycles. The van der Waals surface area contributed by atoms with E-state index in [0.717, 1.165) is 38.5 Å². The van der Waals surface area contributed by atoms with Crippen molar-refractivity contribution in [2.75, 3.05) is 5.73 Å². The van der Waals surface area contributed by atoms with Crippen LogP contribution in [0.4, 0.5) is 5.69 Å². The molecule has 0 saturated carbocycles. The third-order valence-corrected chi connectivity index (χ3v) is 3.64. The van der Waals surface area contributed by atoms with Crippen LogP contribution in [0.3, 0.4) is 0 Å². The van der Waals surface area contributed by atoms with Crippen LogP contribution in [-0.4, -0.2) is 9.97 Å². The lowest BCUT2D eigenvalue weighted by Gasteiger charge is -1.99. The fourth-order valence-electron chi connectivity index (χ4n) is 2.20. The van der Waals surface area contributed by atoms with E-state index >= 15 is 0 Å². The molecule has 0 spiro atoms. The van der Waals surface area contributed by atoms with Crippen LogP contribution in [0.15, 0.2) is 53.0 Å². The maximum absolute atomic E-state index is 5.82. The van der Waals surface area contributed by atoms with E-state index in [2.05, 4.69) is 33.0 Å². The molecule has 0 unspecified atom stereocenters. The molecule has 0 saturated heterocycles. The highest BCUT2D eigenvalue weighted by Crippen LogP contribution is 2.28. The van der Waals surface area contributed by atoms with Crippen molar-refractivity contribution in [2.45, 2.75) is 6.92 Å². The summed E-state index contributed by atoms with van der Waals surface area (Å²) in [7, 11) is 0. The molecule has 0 atom stereocenters. The molecule has 0 aliphatic rings. The van der Waals surface area contributed by atoms with Gasteiger partial charge in [0.1, 0.15) is 5.82 Å². The van der Waals surface area contributed by atoms with Gasteiger partial charge in [0.2, 0.25) is 0 Å². The number of hydrogen-bond acceptors (Lipinski definition) is 2. The molecular formula is C16H14BrN3. The van der Waals surface area contributed by atoms with Gasteiger partial charge in [-0.2, -0.15) is 0 Å². The van der Waals surface area contributed by atoms with Gasteiger partial charge in [0.25, 0.3) is 0 Å². The standard InChI is InChI=1S/C16H14BrN3/c1-10-15(11-4-2-6-13(17)8-11)20-16(19-10)12-5-3-7-14(18)9-12/h2-9H,18H2,1H3,(H,19,20). The van der Waals surface area contributed by atoms with Gasteiger partial charge >= 0.3 is 0 Å². The third-order valence-electron chi connectivity index (χ3n) is 3.14. The Labute approximate surface area is 126 Å². The maximum Gasteiger partial charge on any atom is 0.138 e. The summed E-state index contributed by atoms with van der Waals surface area (Å²) < 4.78 is 1.04. The molecule has 0 fully saturated rings. The predicted octanol–water partition coefficient (Wildman–Crippen LogP) is 4.40. The minimum Gasteiger partial charge on any atom is -0.399 e. The summed E-state index contributed by atoms with van der Waals surface area (Å²) in [5.74, 6) is 0.838. The highest BCUT2D eigenvalue weighted by molar-refractivity contribution is 9.10. The molecule has 100 valence electrons. The van der Waals surface area contributed by atoms with Crippen LogP contribution in [0.5, 0.6) is 0 Å². The first-order valence-corrected chi connectivity index (χ1v) is 7.11. The summed E-state index contributed by atoms with van der Waals surface area (Å²) in [5.41, 5.74) is 10.6. The zero-order valence-electron chi connectivity index (χ0n) is 11.0. The van der Waals surface area contributed by atoms with E-state index in [-0.39, 0.29) is 0 Å². The summed E-state index contributed by atoms with van der Waals surface area (Å²) in [5, 5.41) is 0. The minimum atomic E-state index is 0.737. The number of aromatic amines is 1. The number of aromatic nitrogens is 2. The molecule has 20 heavy (non-hydrogen) atoms. The Hall–Kier alpha value is -2.07. The highest BCUT2D eigenvalue weighted by Gasteiger charge is 2.10. The van der Waals surface area contributed by atoms with E-state index in [1.807, 2.05) is 43.3 Å². The second-order valence-corrected chi connectivity index (χ2v) is 5.61. The Morgan fingerprint density at radius 2 is 1.80 bits per heavy atom. The van der Waals surface area contributed by atoms with Crippen molar-refractivity contribution in [1.82, 2.24) is 9.97 Å². The quantitative estimate of drug-likeness (QED) is 0.685. The average Bonchev–Trinajstić information content (AvgIpc) is 2.81. The number of aryl methyl sites for hydroxylation is 1. The van der Waals surface area contributed by atoms with Crippen molar-refractivity contribution in [3.8, 4) is 22.6 Å². The predicted molar refractivity (Wildman–Crippen MR) is 86.3 cm³/mol. The Morgan fingerprint density at radius 1 is 1.05 bits per heavy atom. The fraction of sp³-hybridized carbons (Fsp3) is 0.0625. The number of benzene rings is 2. The molecule has 0 aliphatic heterocycles. The summed E-state index contributed by atoms with van der Waals surface area (Å²) in [6.45, 7) is 2.03. The van der Waals surface area contributed by atoms with Gasteiger partial charge < -0.3 is 10.7 Å². The molecule has 3 aromatic rings. The summed E-state index contributed by atoms with van der Waals surface area (Å²) in [6.07, 6.45) is 0. The van der Waals surface area contributed by atoms with Crippen molar-refractivity contribution in [3.63, 3.8) is 0 Å². The Bertz CT molecular complexity index is 762. The SMILES string of the molecule is Cc1[nH]c(-c2cccc(N)c2)nc1-c1cccc(Br)c1. The van der Waals surface area contributed by atoms with Gasteiger partial charge in [0.15, 0.2) is 0 Å². The maximum atomic E-state index is 5.82. The number of anilines is 1. The highest BCUT2D eigenvalue weighted by atomic mass is 79.9. The van der Waals surface area contributed by atoms with Crippen molar-refractivity contribution < 1.29 is 0 Å². The average molecular weight is 328 g/mol. The van der Waals surface area contributed by atoms with Crippen LogP contribution in [-0.2, 0) is 0 Å². The van der Waals surface area contributed by atoms with E-state index in [1.54, 1.807) is 0 Å². The van der Waals surface area contributed by atoms with E-state index in [1.165, 1.54) is 0 Å². The fourth-order valence-corrected chi connectivity index (χ4v) is 2.60. The summed E-state index contributed by atoms with van der Waals surface area (Å²) >= 11 is 3.49. The number of halogens is 1. The molecular weight excluding hydrogens is 314 g/mol. The van der Waals surface area contributed by atoms with Crippen LogP contribution in [0.1, 0.15) is 5.69 Å². The molecule has 0 bridgehead atoms. The zero-order chi connectivity index (χ0) is 14.1. The van der Waals surface area contributed by atoms with Crippen molar-refractivity contribution in [2.24, 2.45) is 0 Å². The smallest absolute Gasteiger partial charge is 0.138 e. The topological polar surface area (TPSA) is 54.7 Å². The number of nitrogen functional groups attached to an aromatic ring is 1. The lowest BCUT2D eigenvalue weighted by molar-refractivity contribution is 1.26. The number of nitrogens with zero attached hydrogens (tertiary/aromatic N) is 1. The number of rotatable bonds is 2. The first-order chi connectivity index (χ1) is 9.63.